The second-order valence-electron chi connectivity index (χ2n) is 6.83. The van der Waals surface area contributed by atoms with Crippen LogP contribution in [0.5, 0.6) is 0 Å². The summed E-state index contributed by atoms with van der Waals surface area (Å²) in [4.78, 5) is 15.4. The molecule has 2 aliphatic heterocycles. The van der Waals surface area contributed by atoms with Crippen LogP contribution in [-0.4, -0.2) is 41.2 Å². The molecule has 1 amide bonds. The van der Waals surface area contributed by atoms with Crippen molar-refractivity contribution in [3.05, 3.63) is 48.7 Å². The van der Waals surface area contributed by atoms with E-state index in [9.17, 15) is 4.79 Å². The standard InChI is InChI=1S/C20H24N2O2/c1-2-10-21-13-17(16-7-3-4-8-19(16)21)20(23)22-11-5-6-15-14-24-12-9-18(15)22/h2-4,7-8,13,15,18H,1,5-6,9-12,14H2/t15-,18-/m0/s1. The quantitative estimate of drug-likeness (QED) is 0.810. The number of hydrogen-bond donors (Lipinski definition) is 0. The van der Waals surface area contributed by atoms with Gasteiger partial charge in [-0.3, -0.25) is 4.79 Å². The molecule has 126 valence electrons. The highest BCUT2D eigenvalue weighted by Crippen LogP contribution is 2.32. The van der Waals surface area contributed by atoms with E-state index in [1.807, 2.05) is 30.5 Å². The molecule has 0 bridgehead atoms. The van der Waals surface area contributed by atoms with Crippen LogP contribution in [0.25, 0.3) is 10.9 Å². The van der Waals surface area contributed by atoms with Crippen LogP contribution in [0.1, 0.15) is 29.6 Å². The Balaban J connectivity index is 1.71. The predicted octanol–water partition coefficient (Wildman–Crippen LogP) is 3.47. The first-order valence-corrected chi connectivity index (χ1v) is 8.87. The van der Waals surface area contributed by atoms with Crippen LogP contribution in [0.3, 0.4) is 0 Å². The number of rotatable bonds is 3. The molecule has 0 unspecified atom stereocenters. The number of para-hydroxylation sites is 1. The smallest absolute Gasteiger partial charge is 0.256 e. The summed E-state index contributed by atoms with van der Waals surface area (Å²) in [6, 6.07) is 8.48. The maximum absolute atomic E-state index is 13.3. The normalized spacial score (nSPS) is 23.9. The van der Waals surface area contributed by atoms with Crippen LogP contribution in [-0.2, 0) is 11.3 Å². The molecule has 1 aromatic carbocycles. The number of likely N-dealkylation sites (tertiary alicyclic amines) is 1. The number of allylic oxidation sites excluding steroid dienone is 1. The number of amides is 1. The van der Waals surface area contributed by atoms with Gasteiger partial charge in [-0.1, -0.05) is 24.3 Å². The molecule has 0 radical (unpaired) electrons. The van der Waals surface area contributed by atoms with E-state index in [0.29, 0.717) is 18.5 Å². The van der Waals surface area contributed by atoms with Crippen LogP contribution >= 0.6 is 0 Å². The first kappa shape index (κ1) is 15.5. The van der Waals surface area contributed by atoms with E-state index in [1.165, 1.54) is 6.42 Å². The Hall–Kier alpha value is -2.07. The summed E-state index contributed by atoms with van der Waals surface area (Å²) in [6.07, 6.45) is 7.07. The zero-order valence-electron chi connectivity index (χ0n) is 14.0. The van der Waals surface area contributed by atoms with E-state index in [1.54, 1.807) is 0 Å². The van der Waals surface area contributed by atoms with E-state index in [0.717, 1.165) is 49.1 Å². The number of piperidine rings is 1. The van der Waals surface area contributed by atoms with Crippen LogP contribution in [0, 0.1) is 5.92 Å². The number of carbonyl (C=O) groups excluding carboxylic acids is 1. The van der Waals surface area contributed by atoms with E-state index in [4.69, 9.17) is 4.74 Å². The molecule has 4 rings (SSSR count). The van der Waals surface area contributed by atoms with Gasteiger partial charge < -0.3 is 14.2 Å². The Morgan fingerprint density at radius 1 is 1.33 bits per heavy atom. The summed E-state index contributed by atoms with van der Waals surface area (Å²) >= 11 is 0. The molecule has 1 aromatic heterocycles. The van der Waals surface area contributed by atoms with Gasteiger partial charge >= 0.3 is 0 Å². The molecular formula is C20H24N2O2. The van der Waals surface area contributed by atoms with Gasteiger partial charge in [-0.2, -0.15) is 0 Å². The number of fused-ring (bicyclic) bond motifs is 2. The van der Waals surface area contributed by atoms with E-state index in [2.05, 4.69) is 22.1 Å². The highest BCUT2D eigenvalue weighted by molar-refractivity contribution is 6.07. The van der Waals surface area contributed by atoms with Crippen molar-refractivity contribution in [2.75, 3.05) is 19.8 Å². The van der Waals surface area contributed by atoms with Crippen molar-refractivity contribution in [3.8, 4) is 0 Å². The van der Waals surface area contributed by atoms with Crippen LogP contribution in [0.15, 0.2) is 43.1 Å². The monoisotopic (exact) mass is 324 g/mol. The molecule has 2 atom stereocenters. The Morgan fingerprint density at radius 3 is 3.08 bits per heavy atom. The Labute approximate surface area is 142 Å². The fourth-order valence-electron chi connectivity index (χ4n) is 4.28. The molecule has 0 N–H and O–H groups in total. The minimum Gasteiger partial charge on any atom is -0.381 e. The molecule has 4 heteroatoms. The highest BCUT2D eigenvalue weighted by atomic mass is 16.5. The van der Waals surface area contributed by atoms with E-state index in [-0.39, 0.29) is 5.91 Å². The minimum atomic E-state index is 0.172. The molecule has 2 fully saturated rings. The number of aromatic nitrogens is 1. The van der Waals surface area contributed by atoms with Gasteiger partial charge in [0.2, 0.25) is 0 Å². The summed E-state index contributed by atoms with van der Waals surface area (Å²) in [5.74, 6) is 0.670. The molecule has 2 aliphatic rings. The highest BCUT2D eigenvalue weighted by Gasteiger charge is 2.37. The summed E-state index contributed by atoms with van der Waals surface area (Å²) in [7, 11) is 0. The van der Waals surface area contributed by atoms with Gasteiger partial charge in [-0.05, 0) is 25.3 Å². The third-order valence-electron chi connectivity index (χ3n) is 5.41. The molecule has 3 heterocycles. The summed E-state index contributed by atoms with van der Waals surface area (Å²) in [5.41, 5.74) is 1.92. The van der Waals surface area contributed by atoms with E-state index >= 15 is 0 Å². The summed E-state index contributed by atoms with van der Waals surface area (Å²) < 4.78 is 7.74. The maximum Gasteiger partial charge on any atom is 0.256 e. The molecule has 4 nitrogen and oxygen atoms in total. The molecule has 0 saturated carbocycles. The zero-order valence-corrected chi connectivity index (χ0v) is 14.0. The minimum absolute atomic E-state index is 0.172. The maximum atomic E-state index is 13.3. The van der Waals surface area contributed by atoms with Crippen LogP contribution in [0.4, 0.5) is 0 Å². The van der Waals surface area contributed by atoms with Gasteiger partial charge in [0.15, 0.2) is 0 Å². The fourth-order valence-corrected chi connectivity index (χ4v) is 4.28. The summed E-state index contributed by atoms with van der Waals surface area (Å²) in [6.45, 7) is 6.97. The van der Waals surface area contributed by atoms with Gasteiger partial charge in [0.05, 0.1) is 12.2 Å². The van der Waals surface area contributed by atoms with Crippen molar-refractivity contribution in [2.45, 2.75) is 31.8 Å². The third-order valence-corrected chi connectivity index (χ3v) is 5.41. The average molecular weight is 324 g/mol. The second kappa shape index (κ2) is 6.44. The Kier molecular flexibility index (Phi) is 4.15. The van der Waals surface area contributed by atoms with Crippen LogP contribution in [0.2, 0.25) is 0 Å². The van der Waals surface area contributed by atoms with Gasteiger partial charge in [-0.15, -0.1) is 6.58 Å². The van der Waals surface area contributed by atoms with Crippen molar-refractivity contribution >= 4 is 16.8 Å². The van der Waals surface area contributed by atoms with Gasteiger partial charge in [0, 0.05) is 48.8 Å². The lowest BCUT2D eigenvalue weighted by atomic mass is 9.86. The fraction of sp³-hybridized carbons (Fsp3) is 0.450. The third kappa shape index (κ3) is 2.55. The van der Waals surface area contributed by atoms with Gasteiger partial charge in [0.1, 0.15) is 0 Å². The largest absolute Gasteiger partial charge is 0.381 e. The molecule has 0 spiro atoms. The lowest BCUT2D eigenvalue weighted by Gasteiger charge is -2.43. The molecule has 24 heavy (non-hydrogen) atoms. The number of benzene rings is 1. The van der Waals surface area contributed by atoms with Gasteiger partial charge in [0.25, 0.3) is 5.91 Å². The average Bonchev–Trinajstić information content (AvgIpc) is 3.00. The van der Waals surface area contributed by atoms with Crippen molar-refractivity contribution in [2.24, 2.45) is 5.92 Å². The number of ether oxygens (including phenoxy) is 1. The lowest BCUT2D eigenvalue weighted by molar-refractivity contribution is -0.0270. The topological polar surface area (TPSA) is 34.5 Å². The van der Waals surface area contributed by atoms with Crippen molar-refractivity contribution < 1.29 is 9.53 Å². The first-order valence-electron chi connectivity index (χ1n) is 8.87. The molecule has 2 aromatic rings. The Bertz CT molecular complexity index is 762. The molecular weight excluding hydrogens is 300 g/mol. The summed E-state index contributed by atoms with van der Waals surface area (Å²) in [5, 5.41) is 1.04. The molecule has 2 saturated heterocycles. The van der Waals surface area contributed by atoms with Crippen molar-refractivity contribution in [1.29, 1.82) is 0 Å². The number of nitrogens with zero attached hydrogens (tertiary/aromatic N) is 2. The lowest BCUT2D eigenvalue weighted by Crippen LogP contribution is -2.52. The predicted molar refractivity (Wildman–Crippen MR) is 95.1 cm³/mol. The van der Waals surface area contributed by atoms with Crippen LogP contribution < -0.4 is 0 Å². The molecule has 0 aliphatic carbocycles. The number of hydrogen-bond acceptors (Lipinski definition) is 2. The zero-order chi connectivity index (χ0) is 16.5. The first-order chi connectivity index (χ1) is 11.8. The van der Waals surface area contributed by atoms with Crippen molar-refractivity contribution in [1.82, 2.24) is 9.47 Å². The second-order valence-corrected chi connectivity index (χ2v) is 6.83. The van der Waals surface area contributed by atoms with E-state index < -0.39 is 0 Å². The Morgan fingerprint density at radius 2 is 2.21 bits per heavy atom. The van der Waals surface area contributed by atoms with Crippen molar-refractivity contribution in [3.63, 3.8) is 0 Å². The SMILES string of the molecule is C=CCn1cc(C(=O)N2CCC[C@H]3COCC[C@@H]32)c2ccccc21. The van der Waals surface area contributed by atoms with Gasteiger partial charge in [-0.25, -0.2) is 0 Å². The number of carbonyl (C=O) groups is 1.